The maximum absolute atomic E-state index is 12.1. The predicted octanol–water partition coefficient (Wildman–Crippen LogP) is 2.58. The molecule has 0 bridgehead atoms. The van der Waals surface area contributed by atoms with Gasteiger partial charge in [-0.3, -0.25) is 4.79 Å². The molecule has 1 atom stereocenters. The van der Waals surface area contributed by atoms with E-state index in [0.29, 0.717) is 24.3 Å². The Morgan fingerprint density at radius 1 is 1.36 bits per heavy atom. The van der Waals surface area contributed by atoms with Crippen molar-refractivity contribution >= 4 is 23.5 Å². The SMILES string of the molecule is CCCC(=O)N(C)[C@@H](Cc1ccc(Cl)cc1)C(=O)OCC#N. The van der Waals surface area contributed by atoms with Crippen LogP contribution in [0.15, 0.2) is 24.3 Å². The van der Waals surface area contributed by atoms with E-state index in [0.717, 1.165) is 5.56 Å². The second kappa shape index (κ2) is 9.06. The molecule has 0 radical (unpaired) electrons. The van der Waals surface area contributed by atoms with E-state index in [4.69, 9.17) is 21.6 Å². The predicted molar refractivity (Wildman–Crippen MR) is 83.2 cm³/mol. The molecule has 5 nitrogen and oxygen atoms in total. The van der Waals surface area contributed by atoms with Gasteiger partial charge >= 0.3 is 5.97 Å². The first-order valence-corrected chi connectivity index (χ1v) is 7.41. The molecule has 1 aromatic carbocycles. The minimum absolute atomic E-state index is 0.129. The second-order valence-corrected chi connectivity index (χ2v) is 5.30. The van der Waals surface area contributed by atoms with Crippen molar-refractivity contribution in [1.82, 2.24) is 4.90 Å². The molecule has 0 heterocycles. The van der Waals surface area contributed by atoms with E-state index in [1.807, 2.05) is 6.92 Å². The number of benzene rings is 1. The summed E-state index contributed by atoms with van der Waals surface area (Å²) >= 11 is 5.84. The molecule has 1 rings (SSSR count). The van der Waals surface area contributed by atoms with Gasteiger partial charge in [0.05, 0.1) is 0 Å². The number of rotatable bonds is 7. The summed E-state index contributed by atoms with van der Waals surface area (Å²) in [5.74, 6) is -0.709. The van der Waals surface area contributed by atoms with Crippen LogP contribution in [0.4, 0.5) is 0 Å². The third kappa shape index (κ3) is 5.38. The molecule has 0 spiro atoms. The summed E-state index contributed by atoms with van der Waals surface area (Å²) in [4.78, 5) is 25.6. The van der Waals surface area contributed by atoms with E-state index >= 15 is 0 Å². The van der Waals surface area contributed by atoms with Gasteiger partial charge in [-0.2, -0.15) is 5.26 Å². The number of carbonyl (C=O) groups is 2. The van der Waals surface area contributed by atoms with Gasteiger partial charge in [0.15, 0.2) is 6.61 Å². The zero-order chi connectivity index (χ0) is 16.5. The van der Waals surface area contributed by atoms with Crippen LogP contribution in [-0.2, 0) is 20.7 Å². The van der Waals surface area contributed by atoms with Crippen molar-refractivity contribution in [2.75, 3.05) is 13.7 Å². The fourth-order valence-electron chi connectivity index (χ4n) is 1.99. The van der Waals surface area contributed by atoms with E-state index in [1.54, 1.807) is 37.4 Å². The third-order valence-electron chi connectivity index (χ3n) is 3.22. The standard InChI is InChI=1S/C16H19ClN2O3/c1-3-4-15(20)19(2)14(16(21)22-10-9-18)11-12-5-7-13(17)8-6-12/h5-8,14H,3-4,10-11H2,1-2H3/t14-/m0/s1. The van der Waals surface area contributed by atoms with Crippen LogP contribution in [0.25, 0.3) is 0 Å². The van der Waals surface area contributed by atoms with Crippen LogP contribution >= 0.6 is 11.6 Å². The fourth-order valence-corrected chi connectivity index (χ4v) is 2.11. The van der Waals surface area contributed by atoms with Gasteiger partial charge in [0, 0.05) is 24.9 Å². The lowest BCUT2D eigenvalue weighted by Gasteiger charge is -2.26. The first kappa shape index (κ1) is 18.0. The molecule has 22 heavy (non-hydrogen) atoms. The fraction of sp³-hybridized carbons (Fsp3) is 0.438. The number of carbonyl (C=O) groups excluding carboxylic acids is 2. The van der Waals surface area contributed by atoms with Gasteiger partial charge in [-0.05, 0) is 24.1 Å². The summed E-state index contributed by atoms with van der Waals surface area (Å²) in [6.07, 6.45) is 1.37. The van der Waals surface area contributed by atoms with Crippen molar-refractivity contribution in [2.45, 2.75) is 32.2 Å². The maximum Gasteiger partial charge on any atom is 0.330 e. The Bertz CT molecular complexity index is 552. The van der Waals surface area contributed by atoms with Crippen LogP contribution in [0.3, 0.4) is 0 Å². The number of amides is 1. The maximum atomic E-state index is 12.1. The summed E-state index contributed by atoms with van der Waals surface area (Å²) in [5.41, 5.74) is 0.861. The van der Waals surface area contributed by atoms with Crippen LogP contribution in [0, 0.1) is 11.3 Å². The molecule has 0 saturated carbocycles. The molecule has 0 aromatic heterocycles. The minimum atomic E-state index is -0.756. The molecule has 118 valence electrons. The highest BCUT2D eigenvalue weighted by Gasteiger charge is 2.28. The molecular formula is C16H19ClN2O3. The molecule has 0 aliphatic heterocycles. The molecule has 1 amide bonds. The lowest BCUT2D eigenvalue weighted by Crippen LogP contribution is -2.44. The monoisotopic (exact) mass is 322 g/mol. The second-order valence-electron chi connectivity index (χ2n) is 4.87. The Kier molecular flexibility index (Phi) is 7.41. The molecule has 0 aliphatic rings. The summed E-state index contributed by atoms with van der Waals surface area (Å²) < 4.78 is 4.88. The largest absolute Gasteiger partial charge is 0.449 e. The van der Waals surface area contributed by atoms with Gasteiger partial charge < -0.3 is 9.64 Å². The first-order chi connectivity index (χ1) is 10.5. The van der Waals surface area contributed by atoms with Crippen molar-refractivity contribution in [3.8, 4) is 6.07 Å². The first-order valence-electron chi connectivity index (χ1n) is 7.03. The van der Waals surface area contributed by atoms with Crippen LogP contribution in [0.1, 0.15) is 25.3 Å². The van der Waals surface area contributed by atoms with Gasteiger partial charge in [-0.15, -0.1) is 0 Å². The van der Waals surface area contributed by atoms with Crippen LogP contribution in [-0.4, -0.2) is 36.5 Å². The number of hydrogen-bond acceptors (Lipinski definition) is 4. The zero-order valence-corrected chi connectivity index (χ0v) is 13.5. The summed E-state index contributed by atoms with van der Waals surface area (Å²) in [6, 6.07) is 8.04. The number of halogens is 1. The Hall–Kier alpha value is -2.06. The van der Waals surface area contributed by atoms with Crippen molar-refractivity contribution in [3.05, 3.63) is 34.9 Å². The van der Waals surface area contributed by atoms with Crippen molar-refractivity contribution in [2.24, 2.45) is 0 Å². The van der Waals surface area contributed by atoms with Crippen molar-refractivity contribution in [1.29, 1.82) is 5.26 Å². The van der Waals surface area contributed by atoms with E-state index < -0.39 is 12.0 Å². The number of hydrogen-bond donors (Lipinski definition) is 0. The molecule has 6 heteroatoms. The number of esters is 1. The average molecular weight is 323 g/mol. The van der Waals surface area contributed by atoms with Crippen LogP contribution in [0.5, 0.6) is 0 Å². The van der Waals surface area contributed by atoms with Crippen LogP contribution in [0.2, 0.25) is 5.02 Å². The summed E-state index contributed by atoms with van der Waals surface area (Å²) in [6.45, 7) is 1.57. The van der Waals surface area contributed by atoms with Crippen molar-refractivity contribution in [3.63, 3.8) is 0 Å². The Morgan fingerprint density at radius 2 is 2.00 bits per heavy atom. The van der Waals surface area contributed by atoms with E-state index in [9.17, 15) is 9.59 Å². The molecule has 0 unspecified atom stereocenters. The van der Waals surface area contributed by atoms with Gasteiger partial charge in [-0.25, -0.2) is 4.79 Å². The van der Waals surface area contributed by atoms with Gasteiger partial charge in [-0.1, -0.05) is 30.7 Å². The number of ether oxygens (including phenoxy) is 1. The van der Waals surface area contributed by atoms with E-state index in [2.05, 4.69) is 0 Å². The Balaban J connectivity index is 2.90. The van der Waals surface area contributed by atoms with E-state index in [-0.39, 0.29) is 12.5 Å². The normalized spacial score (nSPS) is 11.4. The molecule has 1 aromatic rings. The lowest BCUT2D eigenvalue weighted by atomic mass is 10.0. The molecule has 0 fully saturated rings. The van der Waals surface area contributed by atoms with Crippen LogP contribution < -0.4 is 0 Å². The number of likely N-dealkylation sites (N-methyl/N-ethyl adjacent to an activating group) is 1. The highest BCUT2D eigenvalue weighted by atomic mass is 35.5. The molecule has 0 saturated heterocycles. The number of nitriles is 1. The Morgan fingerprint density at radius 3 is 2.55 bits per heavy atom. The lowest BCUT2D eigenvalue weighted by molar-refractivity contribution is -0.153. The van der Waals surface area contributed by atoms with Gasteiger partial charge in [0.1, 0.15) is 12.1 Å². The smallest absolute Gasteiger partial charge is 0.330 e. The molecular weight excluding hydrogens is 304 g/mol. The third-order valence-corrected chi connectivity index (χ3v) is 3.47. The quantitative estimate of drug-likeness (QED) is 0.723. The van der Waals surface area contributed by atoms with E-state index in [1.165, 1.54) is 4.90 Å². The number of nitrogens with zero attached hydrogens (tertiary/aromatic N) is 2. The van der Waals surface area contributed by atoms with Gasteiger partial charge in [0.25, 0.3) is 0 Å². The topological polar surface area (TPSA) is 70.4 Å². The highest BCUT2D eigenvalue weighted by Crippen LogP contribution is 2.15. The van der Waals surface area contributed by atoms with Crippen molar-refractivity contribution < 1.29 is 14.3 Å². The van der Waals surface area contributed by atoms with Gasteiger partial charge in [0.2, 0.25) is 5.91 Å². The summed E-state index contributed by atoms with van der Waals surface area (Å²) in [5, 5.41) is 9.13. The molecule has 0 aliphatic carbocycles. The molecule has 0 N–H and O–H groups in total. The minimum Gasteiger partial charge on any atom is -0.449 e. The zero-order valence-electron chi connectivity index (χ0n) is 12.7. The highest BCUT2D eigenvalue weighted by molar-refractivity contribution is 6.30. The average Bonchev–Trinajstić information content (AvgIpc) is 2.51. The Labute approximate surface area is 135 Å². The summed E-state index contributed by atoms with van der Waals surface area (Å²) in [7, 11) is 1.58.